The summed E-state index contributed by atoms with van der Waals surface area (Å²) in [6.07, 6.45) is 5.12. The summed E-state index contributed by atoms with van der Waals surface area (Å²) in [6, 6.07) is 18.3. The van der Waals surface area contributed by atoms with Crippen LogP contribution < -0.4 is 10.6 Å². The molecule has 1 atom stereocenters. The first kappa shape index (κ1) is 23.3. The van der Waals surface area contributed by atoms with Gasteiger partial charge in [0.05, 0.1) is 55.9 Å². The van der Waals surface area contributed by atoms with Gasteiger partial charge in [0, 0.05) is 12.4 Å². The topological polar surface area (TPSA) is 123 Å². The van der Waals surface area contributed by atoms with Crippen LogP contribution in [0.25, 0.3) is 0 Å². The van der Waals surface area contributed by atoms with Crippen LogP contribution >= 0.6 is 0 Å². The van der Waals surface area contributed by atoms with Crippen LogP contribution in [0.1, 0.15) is 17.0 Å². The van der Waals surface area contributed by atoms with Gasteiger partial charge < -0.3 is 19.8 Å². The first-order valence-electron chi connectivity index (χ1n) is 10.7. The summed E-state index contributed by atoms with van der Waals surface area (Å²) in [4.78, 5) is 31.9. The molecule has 4 rings (SSSR count). The van der Waals surface area contributed by atoms with Gasteiger partial charge in [0.2, 0.25) is 0 Å². The molecule has 0 aliphatic carbocycles. The van der Waals surface area contributed by atoms with E-state index >= 15 is 0 Å². The average Bonchev–Trinajstić information content (AvgIpc) is 3.41. The second kappa shape index (κ2) is 9.97. The van der Waals surface area contributed by atoms with Gasteiger partial charge >= 0.3 is 11.9 Å². The molecule has 0 spiro atoms. The van der Waals surface area contributed by atoms with E-state index in [1.807, 2.05) is 22.8 Å². The van der Waals surface area contributed by atoms with Crippen molar-refractivity contribution in [2.75, 3.05) is 19.1 Å². The second-order valence-corrected chi connectivity index (χ2v) is 7.70. The summed E-state index contributed by atoms with van der Waals surface area (Å²) in [5.74, 6) is -2.45. The molecule has 9 nitrogen and oxygen atoms in total. The number of hydrogen-bond donors (Lipinski definition) is 1. The van der Waals surface area contributed by atoms with Gasteiger partial charge in [-0.15, -0.1) is 0 Å². The Bertz CT molecular complexity index is 1350. The molecule has 0 bridgehead atoms. The van der Waals surface area contributed by atoms with Crippen LogP contribution in [0.4, 0.5) is 5.69 Å². The highest BCUT2D eigenvalue weighted by molar-refractivity contribution is 6.06. The molecule has 1 aromatic heterocycles. The molecular formula is C26H23N5O4. The van der Waals surface area contributed by atoms with Crippen molar-refractivity contribution in [3.63, 3.8) is 0 Å². The second-order valence-electron chi connectivity index (χ2n) is 7.70. The van der Waals surface area contributed by atoms with E-state index in [4.69, 9.17) is 15.2 Å². The first-order valence-corrected chi connectivity index (χ1v) is 10.7. The number of anilines is 1. The van der Waals surface area contributed by atoms with E-state index in [9.17, 15) is 14.9 Å². The zero-order valence-electron chi connectivity index (χ0n) is 19.2. The largest absolute Gasteiger partial charge is 0.466 e. The predicted octanol–water partition coefficient (Wildman–Crippen LogP) is 2.83. The molecule has 2 N–H and O–H groups in total. The number of nitrogens with zero attached hydrogens (tertiary/aromatic N) is 4. The number of aromatic nitrogens is 2. The number of hydrogen-bond acceptors (Lipinski definition) is 8. The number of benzene rings is 2. The molecule has 0 amide bonds. The highest BCUT2D eigenvalue weighted by atomic mass is 16.5. The minimum absolute atomic E-state index is 0.0208. The van der Waals surface area contributed by atoms with Gasteiger partial charge in [-0.05, 0) is 17.2 Å². The lowest BCUT2D eigenvalue weighted by Crippen LogP contribution is -2.41. The lowest BCUT2D eigenvalue weighted by Gasteiger charge is -2.36. The van der Waals surface area contributed by atoms with Crippen LogP contribution in [0, 0.1) is 11.3 Å². The maximum absolute atomic E-state index is 13.2. The maximum Gasteiger partial charge on any atom is 0.355 e. The first-order chi connectivity index (χ1) is 17.0. The fourth-order valence-electron chi connectivity index (χ4n) is 4.20. The number of carbonyl (C=O) groups excluding carboxylic acids is 2. The van der Waals surface area contributed by atoms with Crippen LogP contribution in [-0.4, -0.2) is 35.7 Å². The van der Waals surface area contributed by atoms with Crippen molar-refractivity contribution in [1.29, 1.82) is 5.26 Å². The number of nitriles is 1. The number of nitrogens with two attached hydrogens (primary N) is 1. The van der Waals surface area contributed by atoms with E-state index in [0.29, 0.717) is 17.8 Å². The third-order valence-electron chi connectivity index (χ3n) is 5.75. The Labute approximate surface area is 202 Å². The Hall–Kier alpha value is -4.84. The smallest absolute Gasteiger partial charge is 0.355 e. The average molecular weight is 470 g/mol. The molecule has 0 saturated carbocycles. The van der Waals surface area contributed by atoms with Gasteiger partial charge in [-0.3, -0.25) is 4.90 Å². The summed E-state index contributed by atoms with van der Waals surface area (Å²) in [7, 11) is 2.44. The van der Waals surface area contributed by atoms with Gasteiger partial charge in [0.1, 0.15) is 11.5 Å². The minimum Gasteiger partial charge on any atom is -0.466 e. The Morgan fingerprint density at radius 1 is 1.06 bits per heavy atom. The molecule has 1 aliphatic heterocycles. The van der Waals surface area contributed by atoms with Crippen LogP contribution in [0.15, 0.2) is 96.0 Å². The number of methoxy groups -OCH3 is 2. The molecule has 2 aromatic carbocycles. The minimum atomic E-state index is -0.917. The lowest BCUT2D eigenvalue weighted by molar-refractivity contribution is -0.139. The van der Waals surface area contributed by atoms with Gasteiger partial charge in [-0.25, -0.2) is 14.6 Å². The summed E-state index contributed by atoms with van der Waals surface area (Å²) >= 11 is 0. The van der Waals surface area contributed by atoms with Gasteiger partial charge in [-0.2, -0.15) is 5.26 Å². The van der Waals surface area contributed by atoms with E-state index in [1.54, 1.807) is 55.1 Å². The zero-order valence-corrected chi connectivity index (χ0v) is 19.2. The predicted molar refractivity (Wildman–Crippen MR) is 127 cm³/mol. The molecule has 3 aromatic rings. The molecule has 176 valence electrons. The van der Waals surface area contributed by atoms with E-state index in [1.165, 1.54) is 19.1 Å². The Kier molecular flexibility index (Phi) is 6.64. The van der Waals surface area contributed by atoms with Crippen LogP contribution in [0.5, 0.6) is 0 Å². The Morgan fingerprint density at radius 3 is 2.37 bits per heavy atom. The summed E-state index contributed by atoms with van der Waals surface area (Å²) < 4.78 is 12.0. The molecule has 1 aliphatic rings. The van der Waals surface area contributed by atoms with Crippen LogP contribution in [0.2, 0.25) is 0 Å². The molecular weight excluding hydrogens is 446 g/mol. The lowest BCUT2D eigenvalue weighted by atomic mass is 9.80. The number of para-hydroxylation sites is 1. The molecule has 9 heteroatoms. The van der Waals surface area contributed by atoms with Crippen molar-refractivity contribution >= 4 is 17.6 Å². The molecule has 35 heavy (non-hydrogen) atoms. The van der Waals surface area contributed by atoms with E-state index in [-0.39, 0.29) is 22.7 Å². The summed E-state index contributed by atoms with van der Waals surface area (Å²) in [5, 5.41) is 10.2. The number of rotatable bonds is 6. The van der Waals surface area contributed by atoms with Crippen molar-refractivity contribution in [3.05, 3.63) is 107 Å². The van der Waals surface area contributed by atoms with E-state index in [2.05, 4.69) is 11.1 Å². The third kappa shape index (κ3) is 4.25. The molecule has 1 unspecified atom stereocenters. The van der Waals surface area contributed by atoms with Crippen molar-refractivity contribution < 1.29 is 19.1 Å². The maximum atomic E-state index is 13.2. The fraction of sp³-hybridized carbons (Fsp3) is 0.154. The van der Waals surface area contributed by atoms with Crippen LogP contribution in [0.3, 0.4) is 0 Å². The quantitative estimate of drug-likeness (QED) is 0.547. The third-order valence-corrected chi connectivity index (χ3v) is 5.75. The molecule has 0 saturated heterocycles. The monoisotopic (exact) mass is 469 g/mol. The number of imidazole rings is 1. The van der Waals surface area contributed by atoms with Crippen molar-refractivity contribution in [2.45, 2.75) is 12.5 Å². The number of carbonyl (C=O) groups is 2. The molecule has 0 radical (unpaired) electrons. The Balaban J connectivity index is 2.02. The van der Waals surface area contributed by atoms with Crippen molar-refractivity contribution in [3.8, 4) is 6.07 Å². The highest BCUT2D eigenvalue weighted by Gasteiger charge is 2.43. The van der Waals surface area contributed by atoms with Gasteiger partial charge in [-0.1, -0.05) is 48.5 Å². The fourth-order valence-corrected chi connectivity index (χ4v) is 4.20. The molecule has 0 fully saturated rings. The van der Waals surface area contributed by atoms with Gasteiger partial charge in [0.15, 0.2) is 0 Å². The zero-order chi connectivity index (χ0) is 24.9. The summed E-state index contributed by atoms with van der Waals surface area (Å²) in [6.45, 7) is 0.409. The SMILES string of the molecule is COC(=O)C1=C(C(=O)OC)N(c2ccccc2Cn2ccnc2)C(N)=C(C#N)C1c1ccccc1. The van der Waals surface area contributed by atoms with Crippen molar-refractivity contribution in [2.24, 2.45) is 5.73 Å². The van der Waals surface area contributed by atoms with E-state index in [0.717, 1.165) is 5.56 Å². The number of allylic oxidation sites excluding steroid dienone is 1. The number of esters is 2. The summed E-state index contributed by atoms with van der Waals surface area (Å²) in [5.41, 5.74) is 8.46. The Morgan fingerprint density at radius 2 is 1.74 bits per heavy atom. The normalized spacial score (nSPS) is 15.6. The van der Waals surface area contributed by atoms with Crippen molar-refractivity contribution in [1.82, 2.24) is 9.55 Å². The van der Waals surface area contributed by atoms with Crippen LogP contribution in [-0.2, 0) is 25.6 Å². The van der Waals surface area contributed by atoms with E-state index < -0.39 is 17.9 Å². The number of ether oxygens (including phenoxy) is 2. The standard InChI is InChI=1S/C26H23N5O4/c1-34-25(32)22-21(17-8-4-3-5-9-17)19(14-27)24(28)31(23(22)26(33)35-2)20-11-7-6-10-18(20)15-30-13-12-29-16-30/h3-13,16,21H,15,28H2,1-2H3. The highest BCUT2D eigenvalue weighted by Crippen LogP contribution is 2.43. The van der Waals surface area contributed by atoms with Gasteiger partial charge in [0.25, 0.3) is 0 Å². The molecule has 2 heterocycles.